The molecule has 1 aliphatic rings. The summed E-state index contributed by atoms with van der Waals surface area (Å²) in [4.78, 5) is 0. The molecule has 142 valence electrons. The Morgan fingerprint density at radius 1 is 1.12 bits per heavy atom. The standard InChI is InChI=1S/C15H34BN3O4S/c1-3-5-10-18(11-6-4-2)24(22,23)19-12-14(15(17)13-19)8-7-9-16(20)21/h14-15,20-21H,3-13,17H2,1-2H3/t14-,15-/m0/s1. The molecule has 7 nitrogen and oxygen atoms in total. The fourth-order valence-electron chi connectivity index (χ4n) is 3.09. The first-order chi connectivity index (χ1) is 11.3. The van der Waals surface area contributed by atoms with E-state index >= 15 is 0 Å². The van der Waals surface area contributed by atoms with Crippen LogP contribution in [0, 0.1) is 5.92 Å². The van der Waals surface area contributed by atoms with Gasteiger partial charge >= 0.3 is 7.12 Å². The van der Waals surface area contributed by atoms with E-state index in [-0.39, 0.29) is 12.0 Å². The van der Waals surface area contributed by atoms with Crippen molar-refractivity contribution in [3.8, 4) is 0 Å². The first-order valence-electron chi connectivity index (χ1n) is 9.19. The van der Waals surface area contributed by atoms with Crippen molar-refractivity contribution < 1.29 is 18.5 Å². The molecule has 0 aromatic carbocycles. The van der Waals surface area contributed by atoms with Crippen LogP contribution in [0.25, 0.3) is 0 Å². The van der Waals surface area contributed by atoms with Gasteiger partial charge in [0, 0.05) is 32.2 Å². The van der Waals surface area contributed by atoms with Gasteiger partial charge in [0.15, 0.2) is 0 Å². The molecule has 0 saturated carbocycles. The maximum Gasteiger partial charge on any atom is 0.451 e. The number of unbranched alkanes of at least 4 members (excludes halogenated alkanes) is 2. The molecule has 2 atom stereocenters. The Hall–Kier alpha value is -0.185. The van der Waals surface area contributed by atoms with Crippen molar-refractivity contribution >= 4 is 17.3 Å². The molecule has 1 fully saturated rings. The molecule has 4 N–H and O–H groups in total. The molecule has 0 aromatic heterocycles. The monoisotopic (exact) mass is 363 g/mol. The minimum Gasteiger partial charge on any atom is -0.427 e. The van der Waals surface area contributed by atoms with Gasteiger partial charge in [0.25, 0.3) is 10.2 Å². The van der Waals surface area contributed by atoms with Crippen molar-refractivity contribution in [3.63, 3.8) is 0 Å². The zero-order chi connectivity index (χ0) is 18.2. The summed E-state index contributed by atoms with van der Waals surface area (Å²) in [6.45, 7) is 6.02. The largest absolute Gasteiger partial charge is 0.451 e. The van der Waals surface area contributed by atoms with E-state index in [1.54, 1.807) is 4.31 Å². The van der Waals surface area contributed by atoms with Crippen LogP contribution >= 0.6 is 0 Å². The quantitative estimate of drug-likeness (QED) is 0.441. The third kappa shape index (κ3) is 6.61. The van der Waals surface area contributed by atoms with Crippen LogP contribution in [-0.4, -0.2) is 66.4 Å². The van der Waals surface area contributed by atoms with Gasteiger partial charge in [-0.1, -0.05) is 33.1 Å². The summed E-state index contributed by atoms with van der Waals surface area (Å²) in [5.74, 6) is 0.0812. The Kier molecular flexibility index (Phi) is 9.77. The summed E-state index contributed by atoms with van der Waals surface area (Å²) in [6, 6.07) is -0.185. The predicted octanol–water partition coefficient (Wildman–Crippen LogP) is 0.646. The molecule has 1 aliphatic heterocycles. The third-order valence-electron chi connectivity index (χ3n) is 4.67. The van der Waals surface area contributed by atoms with Crippen molar-refractivity contribution in [1.82, 2.24) is 8.61 Å². The minimum absolute atomic E-state index is 0.0812. The molecule has 0 radical (unpaired) electrons. The minimum atomic E-state index is -3.46. The van der Waals surface area contributed by atoms with Crippen LogP contribution in [0.4, 0.5) is 0 Å². The molecular weight excluding hydrogens is 329 g/mol. The Labute approximate surface area is 147 Å². The number of rotatable bonds is 12. The lowest BCUT2D eigenvalue weighted by atomic mass is 9.82. The average molecular weight is 363 g/mol. The van der Waals surface area contributed by atoms with Gasteiger partial charge < -0.3 is 15.8 Å². The van der Waals surface area contributed by atoms with Gasteiger partial charge in [-0.2, -0.15) is 17.0 Å². The number of hydrogen-bond donors (Lipinski definition) is 3. The molecule has 24 heavy (non-hydrogen) atoms. The topological polar surface area (TPSA) is 107 Å². The Morgan fingerprint density at radius 2 is 1.71 bits per heavy atom. The van der Waals surface area contributed by atoms with E-state index in [0.717, 1.165) is 25.7 Å². The number of nitrogens with two attached hydrogens (primary N) is 1. The second-order valence-electron chi connectivity index (χ2n) is 6.77. The Bertz CT molecular complexity index is 442. The van der Waals surface area contributed by atoms with E-state index in [4.69, 9.17) is 15.8 Å². The van der Waals surface area contributed by atoms with Crippen LogP contribution in [0.1, 0.15) is 52.4 Å². The van der Waals surface area contributed by atoms with Gasteiger partial charge in [-0.15, -0.1) is 0 Å². The maximum atomic E-state index is 12.9. The van der Waals surface area contributed by atoms with Crippen molar-refractivity contribution in [2.75, 3.05) is 26.2 Å². The Balaban J connectivity index is 2.67. The lowest BCUT2D eigenvalue weighted by Gasteiger charge is -2.27. The van der Waals surface area contributed by atoms with Crippen LogP contribution in [-0.2, 0) is 10.2 Å². The van der Waals surface area contributed by atoms with E-state index < -0.39 is 17.3 Å². The van der Waals surface area contributed by atoms with E-state index in [2.05, 4.69) is 13.8 Å². The molecule has 1 heterocycles. The highest BCUT2D eigenvalue weighted by molar-refractivity contribution is 7.86. The summed E-state index contributed by atoms with van der Waals surface area (Å²) in [6.07, 6.45) is 5.30. The van der Waals surface area contributed by atoms with E-state index in [9.17, 15) is 8.42 Å². The second kappa shape index (κ2) is 10.7. The van der Waals surface area contributed by atoms with E-state index in [0.29, 0.717) is 45.3 Å². The van der Waals surface area contributed by atoms with Gasteiger partial charge in [-0.25, -0.2) is 0 Å². The first kappa shape index (κ1) is 21.9. The van der Waals surface area contributed by atoms with Gasteiger partial charge in [-0.05, 0) is 31.5 Å². The van der Waals surface area contributed by atoms with Crippen LogP contribution in [0.5, 0.6) is 0 Å². The normalized spacial score (nSPS) is 22.4. The summed E-state index contributed by atoms with van der Waals surface area (Å²) in [5.41, 5.74) is 6.13. The lowest BCUT2D eigenvalue weighted by Crippen LogP contribution is -2.44. The van der Waals surface area contributed by atoms with E-state index in [1.165, 1.54) is 4.31 Å². The maximum absolute atomic E-state index is 12.9. The highest BCUT2D eigenvalue weighted by Gasteiger charge is 2.39. The number of nitrogens with zero attached hydrogens (tertiary/aromatic N) is 2. The summed E-state index contributed by atoms with van der Waals surface area (Å²) in [5, 5.41) is 17.8. The molecule has 1 rings (SSSR count). The van der Waals surface area contributed by atoms with Crippen LogP contribution in [0.15, 0.2) is 0 Å². The molecular formula is C15H34BN3O4S. The molecule has 1 saturated heterocycles. The van der Waals surface area contributed by atoms with Crippen molar-refractivity contribution in [2.24, 2.45) is 11.7 Å². The Morgan fingerprint density at radius 3 is 2.21 bits per heavy atom. The smallest absolute Gasteiger partial charge is 0.427 e. The third-order valence-corrected chi connectivity index (χ3v) is 6.64. The van der Waals surface area contributed by atoms with Gasteiger partial charge in [0.1, 0.15) is 0 Å². The molecule has 0 spiro atoms. The fraction of sp³-hybridized carbons (Fsp3) is 1.00. The van der Waals surface area contributed by atoms with Crippen molar-refractivity contribution in [1.29, 1.82) is 0 Å². The first-order valence-corrected chi connectivity index (χ1v) is 10.6. The molecule has 0 amide bonds. The van der Waals surface area contributed by atoms with Crippen molar-refractivity contribution in [3.05, 3.63) is 0 Å². The molecule has 9 heteroatoms. The molecule has 0 aliphatic carbocycles. The summed E-state index contributed by atoms with van der Waals surface area (Å²) < 4.78 is 29.0. The highest BCUT2D eigenvalue weighted by Crippen LogP contribution is 2.25. The highest BCUT2D eigenvalue weighted by atomic mass is 32.2. The van der Waals surface area contributed by atoms with Crippen LogP contribution in [0.2, 0.25) is 6.32 Å². The molecule has 0 unspecified atom stereocenters. The van der Waals surface area contributed by atoms with Crippen LogP contribution in [0.3, 0.4) is 0 Å². The summed E-state index contributed by atoms with van der Waals surface area (Å²) >= 11 is 0. The number of hydrogen-bond acceptors (Lipinski definition) is 5. The average Bonchev–Trinajstić information content (AvgIpc) is 2.89. The SMILES string of the molecule is CCCCN(CCCC)S(=O)(=O)N1C[C@H](CCCB(O)O)[C@@H](N)C1. The van der Waals surface area contributed by atoms with E-state index in [1.807, 2.05) is 0 Å². The van der Waals surface area contributed by atoms with Crippen LogP contribution < -0.4 is 5.73 Å². The molecule has 0 bridgehead atoms. The van der Waals surface area contributed by atoms with Crippen molar-refractivity contribution in [2.45, 2.75) is 64.7 Å². The van der Waals surface area contributed by atoms with Gasteiger partial charge in [-0.3, -0.25) is 0 Å². The fourth-order valence-corrected chi connectivity index (χ4v) is 4.87. The lowest BCUT2D eigenvalue weighted by molar-refractivity contribution is 0.344. The molecule has 0 aromatic rings. The predicted molar refractivity (Wildman–Crippen MR) is 97.6 cm³/mol. The van der Waals surface area contributed by atoms with Gasteiger partial charge in [0.05, 0.1) is 0 Å². The summed E-state index contributed by atoms with van der Waals surface area (Å²) in [7, 11) is -4.77. The second-order valence-corrected chi connectivity index (χ2v) is 8.69. The van der Waals surface area contributed by atoms with Gasteiger partial charge in [0.2, 0.25) is 0 Å². The zero-order valence-electron chi connectivity index (χ0n) is 15.1. The zero-order valence-corrected chi connectivity index (χ0v) is 15.9.